The molecule has 3 heterocycles. The highest BCUT2D eigenvalue weighted by Crippen LogP contribution is 2.26. The van der Waals surface area contributed by atoms with E-state index in [1.54, 1.807) is 4.90 Å². The quantitative estimate of drug-likeness (QED) is 0.602. The van der Waals surface area contributed by atoms with Crippen molar-refractivity contribution < 1.29 is 14.3 Å². The van der Waals surface area contributed by atoms with Crippen LogP contribution in [0.3, 0.4) is 0 Å². The van der Waals surface area contributed by atoms with Crippen molar-refractivity contribution in [3.05, 3.63) is 66.5 Å². The summed E-state index contributed by atoms with van der Waals surface area (Å²) in [5.74, 6) is 1.56. The molecule has 0 unspecified atom stereocenters. The highest BCUT2D eigenvalue weighted by Gasteiger charge is 2.27. The molecule has 176 valence electrons. The predicted octanol–water partition coefficient (Wildman–Crippen LogP) is 4.14. The molecule has 34 heavy (non-hydrogen) atoms. The van der Waals surface area contributed by atoms with Crippen LogP contribution in [0.4, 0.5) is 5.69 Å². The highest BCUT2D eigenvalue weighted by atomic mass is 16.5. The smallest absolute Gasteiger partial charge is 0.260 e. The molecule has 0 bridgehead atoms. The summed E-state index contributed by atoms with van der Waals surface area (Å²) in [5, 5.41) is 3.04. The van der Waals surface area contributed by atoms with E-state index in [0.29, 0.717) is 31.7 Å². The average molecular weight is 459 g/mol. The number of hydrogen-bond acceptors (Lipinski definition) is 4. The number of aromatic nitrogens is 2. The molecular weight excluding hydrogens is 428 g/mol. The maximum absolute atomic E-state index is 12.8. The van der Waals surface area contributed by atoms with E-state index < -0.39 is 0 Å². The van der Waals surface area contributed by atoms with Crippen LogP contribution in [0.2, 0.25) is 0 Å². The third-order valence-electron chi connectivity index (χ3n) is 6.74. The summed E-state index contributed by atoms with van der Waals surface area (Å²) < 4.78 is 7.87. The number of ether oxygens (including phenoxy) is 1. The Morgan fingerprint density at radius 2 is 1.74 bits per heavy atom. The van der Waals surface area contributed by atoms with Crippen LogP contribution >= 0.6 is 0 Å². The van der Waals surface area contributed by atoms with Crippen LogP contribution in [0.25, 0.3) is 11.4 Å². The molecule has 2 amide bonds. The molecule has 1 fully saturated rings. The molecule has 7 heteroatoms. The molecule has 0 atom stereocenters. The molecule has 1 N–H and O–H groups in total. The molecule has 1 saturated heterocycles. The number of nitrogens with zero attached hydrogens (tertiary/aromatic N) is 3. The minimum absolute atomic E-state index is 0.0126. The molecular formula is C27H30N4O3. The number of imidazole rings is 1. The summed E-state index contributed by atoms with van der Waals surface area (Å²) in [6.45, 7) is 2.17. The van der Waals surface area contributed by atoms with Crippen LogP contribution in [0, 0.1) is 5.92 Å². The number of fused-ring (bicyclic) bond motifs is 1. The van der Waals surface area contributed by atoms with Crippen molar-refractivity contribution in [3.8, 4) is 17.1 Å². The number of anilines is 1. The van der Waals surface area contributed by atoms with Gasteiger partial charge in [-0.25, -0.2) is 4.98 Å². The van der Waals surface area contributed by atoms with Crippen molar-refractivity contribution in [2.24, 2.45) is 5.92 Å². The van der Waals surface area contributed by atoms with Gasteiger partial charge in [0.2, 0.25) is 5.91 Å². The number of likely N-dealkylation sites (tertiary alicyclic amines) is 1. The summed E-state index contributed by atoms with van der Waals surface area (Å²) in [7, 11) is 0. The van der Waals surface area contributed by atoms with Gasteiger partial charge in [-0.1, -0.05) is 18.2 Å². The van der Waals surface area contributed by atoms with Gasteiger partial charge < -0.3 is 19.5 Å². The van der Waals surface area contributed by atoms with E-state index in [1.807, 2.05) is 60.8 Å². The van der Waals surface area contributed by atoms with Crippen LogP contribution < -0.4 is 10.1 Å². The second kappa shape index (κ2) is 10.1. The molecule has 2 aromatic carbocycles. The van der Waals surface area contributed by atoms with Crippen LogP contribution in [0.15, 0.2) is 60.8 Å². The van der Waals surface area contributed by atoms with E-state index in [-0.39, 0.29) is 24.3 Å². The normalized spacial score (nSPS) is 16.1. The third-order valence-corrected chi connectivity index (χ3v) is 6.74. The van der Waals surface area contributed by atoms with E-state index in [4.69, 9.17) is 4.74 Å². The summed E-state index contributed by atoms with van der Waals surface area (Å²) in [6.07, 6.45) is 6.79. The first-order chi connectivity index (χ1) is 16.7. The van der Waals surface area contributed by atoms with Crippen molar-refractivity contribution in [1.82, 2.24) is 14.5 Å². The lowest BCUT2D eigenvalue weighted by Gasteiger charge is -2.31. The molecule has 2 aliphatic heterocycles. The zero-order chi connectivity index (χ0) is 23.3. The zero-order valence-electron chi connectivity index (χ0n) is 19.3. The van der Waals surface area contributed by atoms with E-state index >= 15 is 0 Å². The van der Waals surface area contributed by atoms with Crippen LogP contribution in [0.1, 0.15) is 31.4 Å². The molecule has 0 aliphatic carbocycles. The number of carbonyl (C=O) groups is 2. The van der Waals surface area contributed by atoms with E-state index in [0.717, 1.165) is 30.0 Å². The molecule has 0 radical (unpaired) electrons. The van der Waals surface area contributed by atoms with Crippen molar-refractivity contribution in [1.29, 1.82) is 0 Å². The van der Waals surface area contributed by atoms with E-state index in [1.165, 1.54) is 18.5 Å². The lowest BCUT2D eigenvalue weighted by molar-refractivity contribution is -0.136. The number of para-hydroxylation sites is 1. The first-order valence-electron chi connectivity index (χ1n) is 12.1. The van der Waals surface area contributed by atoms with Gasteiger partial charge in [-0.05, 0) is 68.5 Å². The van der Waals surface area contributed by atoms with Gasteiger partial charge >= 0.3 is 0 Å². The molecule has 7 nitrogen and oxygen atoms in total. The Kier molecular flexibility index (Phi) is 6.60. The monoisotopic (exact) mass is 458 g/mol. The topological polar surface area (TPSA) is 76.5 Å². The van der Waals surface area contributed by atoms with Crippen molar-refractivity contribution in [3.63, 3.8) is 0 Å². The number of piperidine rings is 1. The number of rotatable bonds is 6. The number of carbonyl (C=O) groups excluding carboxylic acids is 2. The summed E-state index contributed by atoms with van der Waals surface area (Å²) in [5.41, 5.74) is 3.15. The van der Waals surface area contributed by atoms with Gasteiger partial charge in [-0.2, -0.15) is 0 Å². The van der Waals surface area contributed by atoms with Crippen LogP contribution in [-0.2, 0) is 22.6 Å². The fraction of sp³-hybridized carbons (Fsp3) is 0.370. The van der Waals surface area contributed by atoms with Crippen LogP contribution in [0.5, 0.6) is 5.75 Å². The SMILES string of the molecule is O=C(Nc1ccc(-c2ncc3n2CCCC3)cc1)C1CCN(C(=O)COc2ccccc2)CC1. The Balaban J connectivity index is 1.11. The maximum atomic E-state index is 12.8. The molecule has 3 aromatic rings. The van der Waals surface area contributed by atoms with Gasteiger partial charge in [0, 0.05) is 48.7 Å². The number of aryl methyl sites for hydroxylation is 1. The summed E-state index contributed by atoms with van der Waals surface area (Å²) in [4.78, 5) is 31.7. The van der Waals surface area contributed by atoms with E-state index in [9.17, 15) is 9.59 Å². The van der Waals surface area contributed by atoms with Crippen molar-refractivity contribution in [2.45, 2.75) is 38.6 Å². The van der Waals surface area contributed by atoms with E-state index in [2.05, 4.69) is 14.9 Å². The molecule has 1 aromatic heterocycles. The molecule has 2 aliphatic rings. The Morgan fingerprint density at radius 3 is 2.50 bits per heavy atom. The predicted molar refractivity (Wildman–Crippen MR) is 130 cm³/mol. The Bertz CT molecular complexity index is 1130. The van der Waals surface area contributed by atoms with Gasteiger partial charge in [0.25, 0.3) is 5.91 Å². The number of benzene rings is 2. The molecule has 0 spiro atoms. The minimum atomic E-state index is -0.0990. The molecule has 0 saturated carbocycles. The second-order valence-electron chi connectivity index (χ2n) is 9.01. The van der Waals surface area contributed by atoms with Crippen LogP contribution in [-0.4, -0.2) is 46.0 Å². The average Bonchev–Trinajstić information content (AvgIpc) is 3.33. The van der Waals surface area contributed by atoms with Crippen molar-refractivity contribution >= 4 is 17.5 Å². The maximum Gasteiger partial charge on any atom is 0.260 e. The number of nitrogens with one attached hydrogen (secondary N) is 1. The lowest BCUT2D eigenvalue weighted by atomic mass is 9.95. The first kappa shape index (κ1) is 22.2. The number of hydrogen-bond donors (Lipinski definition) is 1. The highest BCUT2D eigenvalue weighted by molar-refractivity contribution is 5.93. The fourth-order valence-corrected chi connectivity index (χ4v) is 4.76. The largest absolute Gasteiger partial charge is 0.484 e. The standard InChI is InChI=1S/C27H30N4O3/c32-25(19-34-24-7-2-1-3-8-24)30-16-13-21(14-17-30)27(33)29-22-11-9-20(10-12-22)26-28-18-23-6-4-5-15-31(23)26/h1-3,7-12,18,21H,4-6,13-17,19H2,(H,29,33). The Labute approximate surface area is 199 Å². The number of amides is 2. The first-order valence-corrected chi connectivity index (χ1v) is 12.1. The Hall–Kier alpha value is -3.61. The molecule has 5 rings (SSSR count). The van der Waals surface area contributed by atoms with Gasteiger partial charge in [0.1, 0.15) is 11.6 Å². The minimum Gasteiger partial charge on any atom is -0.484 e. The van der Waals surface area contributed by atoms with Gasteiger partial charge in [-0.15, -0.1) is 0 Å². The summed E-state index contributed by atoms with van der Waals surface area (Å²) in [6, 6.07) is 17.3. The fourth-order valence-electron chi connectivity index (χ4n) is 4.76. The van der Waals surface area contributed by atoms with Crippen molar-refractivity contribution in [2.75, 3.05) is 25.0 Å². The van der Waals surface area contributed by atoms with Gasteiger partial charge in [0.05, 0.1) is 0 Å². The third kappa shape index (κ3) is 4.98. The second-order valence-corrected chi connectivity index (χ2v) is 9.01. The van der Waals surface area contributed by atoms with Gasteiger partial charge in [0.15, 0.2) is 6.61 Å². The zero-order valence-corrected chi connectivity index (χ0v) is 19.3. The summed E-state index contributed by atoms with van der Waals surface area (Å²) >= 11 is 0. The van der Waals surface area contributed by atoms with Gasteiger partial charge in [-0.3, -0.25) is 9.59 Å². The Morgan fingerprint density at radius 1 is 0.971 bits per heavy atom. The lowest BCUT2D eigenvalue weighted by Crippen LogP contribution is -2.43.